The van der Waals surface area contributed by atoms with Gasteiger partial charge in [-0.3, -0.25) is 0 Å². The molecule has 0 radical (unpaired) electrons. The highest BCUT2D eigenvalue weighted by atomic mass is 16.5. The van der Waals surface area contributed by atoms with Crippen molar-refractivity contribution in [3.8, 4) is 0 Å². The number of benzene rings is 1. The minimum Gasteiger partial charge on any atom is -0.443 e. The molecular formula is C13H17N3O2. The number of morpholine rings is 1. The van der Waals surface area contributed by atoms with E-state index in [0.29, 0.717) is 6.04 Å². The number of nitrogens with zero attached hydrogens (tertiary/aromatic N) is 1. The summed E-state index contributed by atoms with van der Waals surface area (Å²) in [5, 5.41) is 3.41. The molecule has 5 heteroatoms. The van der Waals surface area contributed by atoms with Gasteiger partial charge in [-0.05, 0) is 24.1 Å². The molecule has 1 aromatic heterocycles. The normalized spacial score (nSPS) is 22.2. The maximum atomic E-state index is 6.23. The number of ether oxygens (including phenoxy) is 1. The molecule has 2 aromatic rings. The van der Waals surface area contributed by atoms with Crippen molar-refractivity contribution in [1.82, 2.24) is 10.3 Å². The molecule has 3 N–H and O–H groups in total. The summed E-state index contributed by atoms with van der Waals surface area (Å²) in [5.41, 5.74) is 8.96. The van der Waals surface area contributed by atoms with E-state index < -0.39 is 0 Å². The quantitative estimate of drug-likeness (QED) is 0.852. The lowest BCUT2D eigenvalue weighted by Gasteiger charge is -2.26. The van der Waals surface area contributed by atoms with Crippen molar-refractivity contribution >= 4 is 11.1 Å². The number of hydrogen-bond acceptors (Lipinski definition) is 5. The Balaban J connectivity index is 1.72. The standard InChI is InChI=1S/C13H17N3O2/c14-11(6-10-7-17-4-3-15-10)9-1-2-12-13(5-9)18-8-16-12/h1-2,5,8,10-11,15H,3-4,6-7,14H2. The molecule has 1 aromatic carbocycles. The van der Waals surface area contributed by atoms with Gasteiger partial charge >= 0.3 is 0 Å². The van der Waals surface area contributed by atoms with Crippen molar-refractivity contribution in [2.45, 2.75) is 18.5 Å². The molecule has 1 fully saturated rings. The van der Waals surface area contributed by atoms with Gasteiger partial charge in [0, 0.05) is 18.6 Å². The minimum absolute atomic E-state index is 0.0151. The third kappa shape index (κ3) is 2.38. The molecule has 0 aliphatic carbocycles. The van der Waals surface area contributed by atoms with E-state index in [-0.39, 0.29) is 6.04 Å². The van der Waals surface area contributed by atoms with Crippen LogP contribution in [0.1, 0.15) is 18.0 Å². The molecule has 0 amide bonds. The second-order valence-corrected chi connectivity index (χ2v) is 4.65. The van der Waals surface area contributed by atoms with Crippen molar-refractivity contribution in [3.63, 3.8) is 0 Å². The minimum atomic E-state index is -0.0151. The van der Waals surface area contributed by atoms with Crippen LogP contribution in [-0.4, -0.2) is 30.8 Å². The van der Waals surface area contributed by atoms with E-state index in [4.69, 9.17) is 14.9 Å². The van der Waals surface area contributed by atoms with E-state index in [2.05, 4.69) is 10.3 Å². The van der Waals surface area contributed by atoms with E-state index in [1.807, 2.05) is 18.2 Å². The van der Waals surface area contributed by atoms with Crippen LogP contribution in [0.3, 0.4) is 0 Å². The van der Waals surface area contributed by atoms with Gasteiger partial charge in [0.25, 0.3) is 0 Å². The Hall–Kier alpha value is -1.43. The van der Waals surface area contributed by atoms with Gasteiger partial charge in [0.05, 0.1) is 13.2 Å². The average Bonchev–Trinajstić information content (AvgIpc) is 2.87. The predicted molar refractivity (Wildman–Crippen MR) is 68.2 cm³/mol. The number of rotatable bonds is 3. The number of nitrogens with one attached hydrogen (secondary N) is 1. The second kappa shape index (κ2) is 5.06. The van der Waals surface area contributed by atoms with E-state index in [1.54, 1.807) is 0 Å². The topological polar surface area (TPSA) is 73.3 Å². The highest BCUT2D eigenvalue weighted by Crippen LogP contribution is 2.21. The van der Waals surface area contributed by atoms with Crippen LogP contribution in [0.5, 0.6) is 0 Å². The fraction of sp³-hybridized carbons (Fsp3) is 0.462. The molecule has 3 rings (SSSR count). The molecule has 2 atom stereocenters. The van der Waals surface area contributed by atoms with Crippen molar-refractivity contribution in [1.29, 1.82) is 0 Å². The lowest BCUT2D eigenvalue weighted by molar-refractivity contribution is 0.0720. The first-order valence-corrected chi connectivity index (χ1v) is 6.23. The van der Waals surface area contributed by atoms with Crippen LogP contribution in [0, 0.1) is 0 Å². The highest BCUT2D eigenvalue weighted by Gasteiger charge is 2.18. The molecule has 5 nitrogen and oxygen atoms in total. The maximum absolute atomic E-state index is 6.23. The summed E-state index contributed by atoms with van der Waals surface area (Å²) < 4.78 is 10.7. The largest absolute Gasteiger partial charge is 0.443 e. The lowest BCUT2D eigenvalue weighted by Crippen LogP contribution is -2.42. The van der Waals surface area contributed by atoms with Gasteiger partial charge in [-0.15, -0.1) is 0 Å². The van der Waals surface area contributed by atoms with E-state index in [0.717, 1.165) is 42.8 Å². The van der Waals surface area contributed by atoms with Gasteiger partial charge in [0.15, 0.2) is 12.0 Å². The molecule has 1 aliphatic rings. The summed E-state index contributed by atoms with van der Waals surface area (Å²) in [4.78, 5) is 4.10. The number of hydrogen-bond donors (Lipinski definition) is 2. The Morgan fingerprint density at radius 3 is 3.28 bits per heavy atom. The zero-order valence-electron chi connectivity index (χ0n) is 10.1. The Morgan fingerprint density at radius 2 is 2.44 bits per heavy atom. The predicted octanol–water partition coefficient (Wildman–Crippen LogP) is 1.21. The summed E-state index contributed by atoms with van der Waals surface area (Å²) in [6.45, 7) is 2.42. The summed E-state index contributed by atoms with van der Waals surface area (Å²) in [6.07, 6.45) is 2.32. The Kier molecular flexibility index (Phi) is 3.27. The summed E-state index contributed by atoms with van der Waals surface area (Å²) in [5.74, 6) is 0. The van der Waals surface area contributed by atoms with Crippen LogP contribution in [0.2, 0.25) is 0 Å². The zero-order valence-corrected chi connectivity index (χ0v) is 10.1. The average molecular weight is 247 g/mol. The van der Waals surface area contributed by atoms with Gasteiger partial charge in [-0.1, -0.05) is 6.07 Å². The number of aromatic nitrogens is 1. The Bertz CT molecular complexity index is 520. The van der Waals surface area contributed by atoms with Crippen molar-refractivity contribution in [3.05, 3.63) is 30.2 Å². The van der Waals surface area contributed by atoms with Crippen LogP contribution in [0.4, 0.5) is 0 Å². The first-order valence-electron chi connectivity index (χ1n) is 6.23. The van der Waals surface area contributed by atoms with Gasteiger partial charge < -0.3 is 20.2 Å². The fourth-order valence-electron chi connectivity index (χ4n) is 2.32. The third-order valence-electron chi connectivity index (χ3n) is 3.32. The molecule has 0 saturated carbocycles. The molecule has 1 saturated heterocycles. The SMILES string of the molecule is NC(CC1COCCN1)c1ccc2ncoc2c1. The van der Waals surface area contributed by atoms with E-state index in [1.165, 1.54) is 6.39 Å². The van der Waals surface area contributed by atoms with Gasteiger partial charge in [-0.25, -0.2) is 4.98 Å². The molecule has 96 valence electrons. The van der Waals surface area contributed by atoms with Gasteiger partial charge in [0.2, 0.25) is 0 Å². The summed E-state index contributed by atoms with van der Waals surface area (Å²) >= 11 is 0. The first-order chi connectivity index (χ1) is 8.83. The van der Waals surface area contributed by atoms with E-state index >= 15 is 0 Å². The van der Waals surface area contributed by atoms with Crippen LogP contribution >= 0.6 is 0 Å². The number of fused-ring (bicyclic) bond motifs is 1. The van der Waals surface area contributed by atoms with Gasteiger partial charge in [0.1, 0.15) is 5.52 Å². The smallest absolute Gasteiger partial charge is 0.181 e. The van der Waals surface area contributed by atoms with Crippen LogP contribution in [0.25, 0.3) is 11.1 Å². The maximum Gasteiger partial charge on any atom is 0.181 e. The van der Waals surface area contributed by atoms with Crippen molar-refractivity contribution < 1.29 is 9.15 Å². The molecule has 0 spiro atoms. The summed E-state index contributed by atoms with van der Waals surface area (Å²) in [7, 11) is 0. The monoisotopic (exact) mass is 247 g/mol. The van der Waals surface area contributed by atoms with Crippen LogP contribution in [-0.2, 0) is 4.74 Å². The van der Waals surface area contributed by atoms with E-state index in [9.17, 15) is 0 Å². The zero-order chi connectivity index (χ0) is 12.4. The fourth-order valence-corrected chi connectivity index (χ4v) is 2.32. The highest BCUT2D eigenvalue weighted by molar-refractivity contribution is 5.72. The summed E-state index contributed by atoms with van der Waals surface area (Å²) in [6, 6.07) is 6.24. The molecular weight excluding hydrogens is 230 g/mol. The van der Waals surface area contributed by atoms with Crippen molar-refractivity contribution in [2.24, 2.45) is 5.73 Å². The Morgan fingerprint density at radius 1 is 1.50 bits per heavy atom. The molecule has 1 aliphatic heterocycles. The molecule has 0 bridgehead atoms. The number of oxazole rings is 1. The van der Waals surface area contributed by atoms with Crippen molar-refractivity contribution in [2.75, 3.05) is 19.8 Å². The molecule has 18 heavy (non-hydrogen) atoms. The molecule has 2 unspecified atom stereocenters. The lowest BCUT2D eigenvalue weighted by atomic mass is 10.00. The third-order valence-corrected chi connectivity index (χ3v) is 3.32. The second-order valence-electron chi connectivity index (χ2n) is 4.65. The first kappa shape index (κ1) is 11.6. The molecule has 2 heterocycles. The van der Waals surface area contributed by atoms with Crippen LogP contribution < -0.4 is 11.1 Å². The Labute approximate surface area is 105 Å². The van der Waals surface area contributed by atoms with Crippen LogP contribution in [0.15, 0.2) is 29.0 Å². The van der Waals surface area contributed by atoms with Gasteiger partial charge in [-0.2, -0.15) is 0 Å². The number of nitrogens with two attached hydrogens (primary N) is 1.